The number of hydrogen-bond donors (Lipinski definition) is 0. The number of hydrogen-bond acceptors (Lipinski definition) is 5. The summed E-state index contributed by atoms with van der Waals surface area (Å²) in [4.78, 5) is 12.4. The molecule has 1 aromatic rings. The molecule has 0 unspecified atom stereocenters. The first kappa shape index (κ1) is 19.8. The maximum atomic E-state index is 13.6. The molecule has 0 atom stereocenters. The minimum atomic E-state index is -0.681. The Bertz CT molecular complexity index is 686. The van der Waals surface area contributed by atoms with E-state index in [0.29, 0.717) is 24.7 Å². The van der Waals surface area contributed by atoms with E-state index in [-0.39, 0.29) is 29.5 Å². The maximum absolute atomic E-state index is 13.6. The van der Waals surface area contributed by atoms with E-state index in [9.17, 15) is 9.18 Å². The second kappa shape index (κ2) is 9.29. The molecular formula is C21H26FNO4. The molecule has 3 rings (SSSR count). The fourth-order valence-electron chi connectivity index (χ4n) is 3.88. The van der Waals surface area contributed by atoms with Crippen LogP contribution < -0.4 is 4.74 Å². The van der Waals surface area contributed by atoms with Gasteiger partial charge in [-0.15, -0.1) is 0 Å². The molecule has 27 heavy (non-hydrogen) atoms. The van der Waals surface area contributed by atoms with Gasteiger partial charge in [-0.2, -0.15) is 5.26 Å². The Morgan fingerprint density at radius 3 is 2.56 bits per heavy atom. The van der Waals surface area contributed by atoms with Gasteiger partial charge in [-0.25, -0.2) is 4.39 Å². The van der Waals surface area contributed by atoms with Crippen LogP contribution in [0.5, 0.6) is 5.75 Å². The van der Waals surface area contributed by atoms with Crippen LogP contribution in [0.15, 0.2) is 18.2 Å². The molecule has 1 aromatic carbocycles. The summed E-state index contributed by atoms with van der Waals surface area (Å²) in [7, 11) is 0. The van der Waals surface area contributed by atoms with Crippen molar-refractivity contribution in [3.05, 3.63) is 29.6 Å². The predicted octanol–water partition coefficient (Wildman–Crippen LogP) is 4.20. The SMILES string of the molecule is CCCC1COC(C2CCC(C(=O)Oc3ccc(C#N)c(F)c3)CC2)OC1. The molecule has 0 N–H and O–H groups in total. The summed E-state index contributed by atoms with van der Waals surface area (Å²) < 4.78 is 30.7. The third-order valence-electron chi connectivity index (χ3n) is 5.46. The van der Waals surface area contributed by atoms with Crippen molar-refractivity contribution in [3.8, 4) is 11.8 Å². The maximum Gasteiger partial charge on any atom is 0.314 e. The highest BCUT2D eigenvalue weighted by molar-refractivity contribution is 5.75. The number of nitrogens with zero attached hydrogens (tertiary/aromatic N) is 1. The second-order valence-electron chi connectivity index (χ2n) is 7.48. The highest BCUT2D eigenvalue weighted by Gasteiger charge is 2.35. The van der Waals surface area contributed by atoms with E-state index in [0.717, 1.165) is 45.0 Å². The fraction of sp³-hybridized carbons (Fsp3) is 0.619. The molecule has 1 aliphatic heterocycles. The van der Waals surface area contributed by atoms with Gasteiger partial charge in [0.1, 0.15) is 17.6 Å². The number of ether oxygens (including phenoxy) is 3. The van der Waals surface area contributed by atoms with Crippen LogP contribution in [-0.2, 0) is 14.3 Å². The Kier molecular flexibility index (Phi) is 6.81. The van der Waals surface area contributed by atoms with E-state index in [4.69, 9.17) is 19.5 Å². The van der Waals surface area contributed by atoms with Gasteiger partial charge in [-0.1, -0.05) is 13.3 Å². The third kappa shape index (κ3) is 5.06. The Morgan fingerprint density at radius 2 is 1.96 bits per heavy atom. The van der Waals surface area contributed by atoms with Crippen molar-refractivity contribution in [2.24, 2.45) is 17.8 Å². The van der Waals surface area contributed by atoms with Crippen LogP contribution in [0.3, 0.4) is 0 Å². The van der Waals surface area contributed by atoms with Gasteiger partial charge in [0.2, 0.25) is 0 Å². The van der Waals surface area contributed by atoms with E-state index in [1.807, 2.05) is 0 Å². The zero-order valence-electron chi connectivity index (χ0n) is 15.7. The number of nitriles is 1. The average Bonchev–Trinajstić information content (AvgIpc) is 2.69. The van der Waals surface area contributed by atoms with Crippen LogP contribution in [0.1, 0.15) is 51.0 Å². The molecule has 0 bridgehead atoms. The Hall–Kier alpha value is -1.97. The van der Waals surface area contributed by atoms with Crippen molar-refractivity contribution in [1.82, 2.24) is 0 Å². The van der Waals surface area contributed by atoms with Crippen LogP contribution >= 0.6 is 0 Å². The molecule has 2 fully saturated rings. The van der Waals surface area contributed by atoms with Crippen LogP contribution in [0, 0.1) is 34.9 Å². The molecular weight excluding hydrogens is 349 g/mol. The quantitative estimate of drug-likeness (QED) is 0.570. The molecule has 6 heteroatoms. The average molecular weight is 375 g/mol. The second-order valence-corrected chi connectivity index (χ2v) is 7.48. The molecule has 5 nitrogen and oxygen atoms in total. The van der Waals surface area contributed by atoms with Crippen molar-refractivity contribution in [2.45, 2.75) is 51.7 Å². The monoisotopic (exact) mass is 375 g/mol. The van der Waals surface area contributed by atoms with Crippen LogP contribution in [0.2, 0.25) is 0 Å². The van der Waals surface area contributed by atoms with Crippen molar-refractivity contribution >= 4 is 5.97 Å². The Morgan fingerprint density at radius 1 is 1.26 bits per heavy atom. The van der Waals surface area contributed by atoms with E-state index < -0.39 is 5.82 Å². The minimum absolute atomic E-state index is 0.0658. The third-order valence-corrected chi connectivity index (χ3v) is 5.46. The van der Waals surface area contributed by atoms with Crippen molar-refractivity contribution in [3.63, 3.8) is 0 Å². The molecule has 146 valence electrons. The lowest BCUT2D eigenvalue weighted by molar-refractivity contribution is -0.230. The zero-order chi connectivity index (χ0) is 19.2. The summed E-state index contributed by atoms with van der Waals surface area (Å²) in [6.07, 6.45) is 5.23. The van der Waals surface area contributed by atoms with Gasteiger partial charge in [-0.05, 0) is 44.2 Å². The Labute approximate surface area is 159 Å². The molecule has 0 spiro atoms. The standard InChI is InChI=1S/C21H26FNO4/c1-2-3-14-12-25-21(26-13-14)16-6-4-15(5-7-16)20(24)27-18-9-8-17(11-23)19(22)10-18/h8-10,14-16,21H,2-7,12-13H2,1H3. The molecule has 1 heterocycles. The van der Waals surface area contributed by atoms with Crippen molar-refractivity contribution in [2.75, 3.05) is 13.2 Å². The molecule has 2 aliphatic rings. The number of esters is 1. The van der Waals surface area contributed by atoms with Gasteiger partial charge < -0.3 is 14.2 Å². The summed E-state index contributed by atoms with van der Waals surface area (Å²) in [5.74, 6) is -0.282. The number of carbonyl (C=O) groups is 1. The highest BCUT2D eigenvalue weighted by Crippen LogP contribution is 2.35. The number of benzene rings is 1. The Balaban J connectivity index is 1.46. The van der Waals surface area contributed by atoms with Crippen LogP contribution in [-0.4, -0.2) is 25.5 Å². The molecule has 0 aromatic heterocycles. The smallest absolute Gasteiger partial charge is 0.314 e. The summed E-state index contributed by atoms with van der Waals surface area (Å²) >= 11 is 0. The van der Waals surface area contributed by atoms with Gasteiger partial charge >= 0.3 is 5.97 Å². The number of rotatable bonds is 5. The molecule has 0 amide bonds. The molecule has 1 saturated carbocycles. The first-order valence-electron chi connectivity index (χ1n) is 9.75. The first-order valence-corrected chi connectivity index (χ1v) is 9.75. The number of carbonyl (C=O) groups excluding carboxylic acids is 1. The summed E-state index contributed by atoms with van der Waals surface area (Å²) in [5, 5.41) is 8.75. The van der Waals surface area contributed by atoms with Gasteiger partial charge in [0.05, 0.1) is 24.7 Å². The van der Waals surface area contributed by atoms with Crippen molar-refractivity contribution < 1.29 is 23.4 Å². The molecule has 1 aliphatic carbocycles. The lowest BCUT2D eigenvalue weighted by Crippen LogP contribution is -2.39. The lowest BCUT2D eigenvalue weighted by atomic mass is 9.81. The molecule has 1 saturated heterocycles. The highest BCUT2D eigenvalue weighted by atomic mass is 19.1. The van der Waals surface area contributed by atoms with E-state index in [2.05, 4.69) is 6.92 Å². The van der Waals surface area contributed by atoms with Crippen molar-refractivity contribution in [1.29, 1.82) is 5.26 Å². The fourth-order valence-corrected chi connectivity index (χ4v) is 3.88. The first-order chi connectivity index (χ1) is 13.1. The van der Waals surface area contributed by atoms with E-state index in [1.165, 1.54) is 12.1 Å². The normalized spacial score (nSPS) is 28.3. The van der Waals surface area contributed by atoms with Gasteiger partial charge in [-0.3, -0.25) is 4.79 Å². The van der Waals surface area contributed by atoms with Gasteiger partial charge in [0.15, 0.2) is 6.29 Å². The summed E-state index contributed by atoms with van der Waals surface area (Å²) in [6.45, 7) is 3.67. The molecule has 0 radical (unpaired) electrons. The van der Waals surface area contributed by atoms with Crippen LogP contribution in [0.4, 0.5) is 4.39 Å². The van der Waals surface area contributed by atoms with Gasteiger partial charge in [0.25, 0.3) is 0 Å². The van der Waals surface area contributed by atoms with E-state index >= 15 is 0 Å². The summed E-state index contributed by atoms with van der Waals surface area (Å²) in [5.41, 5.74) is -0.0658. The number of halogens is 1. The predicted molar refractivity (Wildman–Crippen MR) is 96.3 cm³/mol. The topological polar surface area (TPSA) is 68.5 Å². The lowest BCUT2D eigenvalue weighted by Gasteiger charge is -2.37. The largest absolute Gasteiger partial charge is 0.426 e. The summed E-state index contributed by atoms with van der Waals surface area (Å²) in [6, 6.07) is 5.59. The zero-order valence-corrected chi connectivity index (χ0v) is 15.7. The van der Waals surface area contributed by atoms with E-state index in [1.54, 1.807) is 6.07 Å². The van der Waals surface area contributed by atoms with Gasteiger partial charge in [0, 0.05) is 17.9 Å². The van der Waals surface area contributed by atoms with Crippen LogP contribution in [0.25, 0.3) is 0 Å². The minimum Gasteiger partial charge on any atom is -0.426 e.